The minimum atomic E-state index is -0.754. The van der Waals surface area contributed by atoms with E-state index < -0.39 is 11.4 Å². The molecular formula is C16H18N2O3. The van der Waals surface area contributed by atoms with Crippen LogP contribution in [0.15, 0.2) is 28.8 Å². The molecule has 2 aromatic rings. The zero-order valence-electron chi connectivity index (χ0n) is 12.0. The van der Waals surface area contributed by atoms with Crippen LogP contribution < -0.4 is 0 Å². The van der Waals surface area contributed by atoms with Crippen molar-refractivity contribution >= 4 is 5.97 Å². The van der Waals surface area contributed by atoms with Crippen LogP contribution in [-0.2, 0) is 11.2 Å². The lowest BCUT2D eigenvalue weighted by Gasteiger charge is -2.21. The zero-order valence-corrected chi connectivity index (χ0v) is 12.0. The largest absolute Gasteiger partial charge is 0.481 e. The van der Waals surface area contributed by atoms with Crippen molar-refractivity contribution in [2.45, 2.75) is 39.0 Å². The Hall–Kier alpha value is -2.17. The molecule has 0 spiro atoms. The zero-order chi connectivity index (χ0) is 14.9. The second-order valence-corrected chi connectivity index (χ2v) is 5.80. The summed E-state index contributed by atoms with van der Waals surface area (Å²) in [5.74, 6) is 0.190. The van der Waals surface area contributed by atoms with E-state index in [-0.39, 0.29) is 0 Å². The summed E-state index contributed by atoms with van der Waals surface area (Å²) in [7, 11) is 0. The summed E-state index contributed by atoms with van der Waals surface area (Å²) in [6.07, 6.45) is 3.59. The van der Waals surface area contributed by atoms with Crippen molar-refractivity contribution in [3.63, 3.8) is 0 Å². The molecule has 5 nitrogen and oxygen atoms in total. The molecule has 21 heavy (non-hydrogen) atoms. The van der Waals surface area contributed by atoms with Gasteiger partial charge in [0.15, 0.2) is 0 Å². The predicted molar refractivity (Wildman–Crippen MR) is 76.7 cm³/mol. The van der Waals surface area contributed by atoms with Crippen LogP contribution >= 0.6 is 0 Å². The first-order valence-electron chi connectivity index (χ1n) is 7.23. The standard InChI is InChI=1S/C16H18N2O3/c1-11-6-2-3-7-12(11)14-17-13(21-18-14)10-16(15(19)20)8-4-5-9-16/h2-3,6-7H,4-5,8-10H2,1H3,(H,19,20). The summed E-state index contributed by atoms with van der Waals surface area (Å²) in [6, 6.07) is 7.80. The topological polar surface area (TPSA) is 76.2 Å². The maximum Gasteiger partial charge on any atom is 0.310 e. The Balaban J connectivity index is 1.86. The molecule has 1 aromatic heterocycles. The number of rotatable bonds is 4. The predicted octanol–water partition coefficient (Wildman–Crippen LogP) is 3.23. The average Bonchev–Trinajstić information content (AvgIpc) is 3.10. The van der Waals surface area contributed by atoms with Crippen molar-refractivity contribution in [3.05, 3.63) is 35.7 Å². The lowest BCUT2D eigenvalue weighted by Crippen LogP contribution is -2.30. The van der Waals surface area contributed by atoms with Gasteiger partial charge in [-0.15, -0.1) is 0 Å². The molecule has 0 radical (unpaired) electrons. The molecule has 1 aromatic carbocycles. The molecule has 1 saturated carbocycles. The van der Waals surface area contributed by atoms with Gasteiger partial charge in [0.1, 0.15) is 0 Å². The molecule has 1 N–H and O–H groups in total. The van der Waals surface area contributed by atoms with E-state index in [0.29, 0.717) is 31.0 Å². The lowest BCUT2D eigenvalue weighted by molar-refractivity contribution is -0.148. The van der Waals surface area contributed by atoms with Gasteiger partial charge in [-0.25, -0.2) is 0 Å². The summed E-state index contributed by atoms with van der Waals surface area (Å²) in [5, 5.41) is 13.5. The first kappa shape index (κ1) is 13.8. The molecule has 1 aliphatic carbocycles. The molecule has 3 rings (SSSR count). The van der Waals surface area contributed by atoms with Crippen molar-refractivity contribution in [2.75, 3.05) is 0 Å². The highest BCUT2D eigenvalue weighted by molar-refractivity contribution is 5.75. The first-order chi connectivity index (χ1) is 10.1. The fourth-order valence-corrected chi connectivity index (χ4v) is 3.07. The van der Waals surface area contributed by atoms with Crippen molar-refractivity contribution in [3.8, 4) is 11.4 Å². The van der Waals surface area contributed by atoms with Crippen molar-refractivity contribution < 1.29 is 14.4 Å². The van der Waals surface area contributed by atoms with E-state index in [0.717, 1.165) is 24.0 Å². The van der Waals surface area contributed by atoms with Gasteiger partial charge in [0, 0.05) is 12.0 Å². The Morgan fingerprint density at radius 1 is 1.33 bits per heavy atom. The molecule has 110 valence electrons. The summed E-state index contributed by atoms with van der Waals surface area (Å²) in [6.45, 7) is 1.99. The first-order valence-corrected chi connectivity index (χ1v) is 7.23. The fraction of sp³-hybridized carbons (Fsp3) is 0.438. The molecule has 1 fully saturated rings. The molecule has 1 aliphatic rings. The molecular weight excluding hydrogens is 268 g/mol. The summed E-state index contributed by atoms with van der Waals surface area (Å²) >= 11 is 0. The van der Waals surface area contributed by atoms with Gasteiger partial charge in [0.25, 0.3) is 0 Å². The van der Waals surface area contributed by atoms with Crippen molar-refractivity contribution in [2.24, 2.45) is 5.41 Å². The van der Waals surface area contributed by atoms with Crippen molar-refractivity contribution in [1.82, 2.24) is 10.1 Å². The average molecular weight is 286 g/mol. The normalized spacial score (nSPS) is 17.0. The second kappa shape index (κ2) is 5.31. The molecule has 1 heterocycles. The Labute approximate surface area is 123 Å². The van der Waals surface area contributed by atoms with Gasteiger partial charge in [-0.2, -0.15) is 4.98 Å². The van der Waals surface area contributed by atoms with Gasteiger partial charge in [0.2, 0.25) is 11.7 Å². The van der Waals surface area contributed by atoms with Gasteiger partial charge >= 0.3 is 5.97 Å². The van der Waals surface area contributed by atoms with Crippen LogP contribution in [0.1, 0.15) is 37.1 Å². The number of carbonyl (C=O) groups is 1. The number of nitrogens with zero attached hydrogens (tertiary/aromatic N) is 2. The third-order valence-corrected chi connectivity index (χ3v) is 4.36. The van der Waals surface area contributed by atoms with Crippen molar-refractivity contribution in [1.29, 1.82) is 0 Å². The van der Waals surface area contributed by atoms with E-state index in [1.165, 1.54) is 0 Å². The van der Waals surface area contributed by atoms with Gasteiger partial charge in [-0.1, -0.05) is 42.3 Å². The van der Waals surface area contributed by atoms with E-state index in [4.69, 9.17) is 4.52 Å². The van der Waals surface area contributed by atoms with Crippen LogP contribution in [0.3, 0.4) is 0 Å². The van der Waals surface area contributed by atoms with Gasteiger partial charge < -0.3 is 9.63 Å². The molecule has 0 aliphatic heterocycles. The Kier molecular flexibility index (Phi) is 3.49. The monoisotopic (exact) mass is 286 g/mol. The van der Waals surface area contributed by atoms with Crippen LogP contribution in [0, 0.1) is 12.3 Å². The summed E-state index contributed by atoms with van der Waals surface area (Å²) in [4.78, 5) is 16.0. The number of carboxylic acids is 1. The highest BCUT2D eigenvalue weighted by atomic mass is 16.5. The molecule has 5 heteroatoms. The molecule has 0 saturated heterocycles. The number of benzene rings is 1. The van der Waals surface area contributed by atoms with E-state index >= 15 is 0 Å². The molecule has 0 bridgehead atoms. The highest BCUT2D eigenvalue weighted by Gasteiger charge is 2.42. The highest BCUT2D eigenvalue weighted by Crippen LogP contribution is 2.41. The Morgan fingerprint density at radius 3 is 2.71 bits per heavy atom. The lowest BCUT2D eigenvalue weighted by atomic mass is 9.83. The minimum Gasteiger partial charge on any atom is -0.481 e. The molecule has 0 amide bonds. The number of hydrogen-bond acceptors (Lipinski definition) is 4. The summed E-state index contributed by atoms with van der Waals surface area (Å²) < 4.78 is 5.29. The van der Waals surface area contributed by atoms with Crippen LogP contribution in [0.2, 0.25) is 0 Å². The van der Waals surface area contributed by atoms with Gasteiger partial charge in [-0.3, -0.25) is 4.79 Å². The number of hydrogen-bond donors (Lipinski definition) is 1. The number of carboxylic acid groups (broad SMARTS) is 1. The molecule has 0 atom stereocenters. The van der Waals surface area contributed by atoms with Gasteiger partial charge in [0.05, 0.1) is 5.41 Å². The van der Waals surface area contributed by atoms with Crippen LogP contribution in [0.25, 0.3) is 11.4 Å². The smallest absolute Gasteiger partial charge is 0.310 e. The van der Waals surface area contributed by atoms with E-state index in [2.05, 4.69) is 10.1 Å². The number of aliphatic carboxylic acids is 1. The van der Waals surface area contributed by atoms with Gasteiger partial charge in [-0.05, 0) is 25.3 Å². The number of aryl methyl sites for hydroxylation is 1. The third kappa shape index (κ3) is 2.55. The van der Waals surface area contributed by atoms with Crippen LogP contribution in [0.4, 0.5) is 0 Å². The van der Waals surface area contributed by atoms with Crippen LogP contribution in [-0.4, -0.2) is 21.2 Å². The fourth-order valence-electron chi connectivity index (χ4n) is 3.07. The quantitative estimate of drug-likeness (QED) is 0.933. The van der Waals surface area contributed by atoms with E-state index in [1.54, 1.807) is 0 Å². The molecule has 0 unspecified atom stereocenters. The van der Waals surface area contributed by atoms with E-state index in [1.807, 2.05) is 31.2 Å². The SMILES string of the molecule is Cc1ccccc1-c1noc(CC2(C(=O)O)CCCC2)n1. The number of aromatic nitrogens is 2. The Bertz CT molecular complexity index is 657. The van der Waals surface area contributed by atoms with Crippen LogP contribution in [0.5, 0.6) is 0 Å². The third-order valence-electron chi connectivity index (χ3n) is 4.36. The maximum atomic E-state index is 11.6. The van der Waals surface area contributed by atoms with E-state index in [9.17, 15) is 9.90 Å². The summed E-state index contributed by atoms with van der Waals surface area (Å²) in [5.41, 5.74) is 1.26. The second-order valence-electron chi connectivity index (χ2n) is 5.80. The Morgan fingerprint density at radius 2 is 2.05 bits per heavy atom. The maximum absolute atomic E-state index is 11.6. The minimum absolute atomic E-state index is 0.321.